The number of rotatable bonds is 5. The van der Waals surface area contributed by atoms with Crippen LogP contribution in [-0.2, 0) is 22.9 Å². The van der Waals surface area contributed by atoms with Gasteiger partial charge in [-0.2, -0.15) is 0 Å². The molecule has 2 aromatic rings. The Labute approximate surface area is 172 Å². The number of amidine groups is 1. The summed E-state index contributed by atoms with van der Waals surface area (Å²) < 4.78 is 28.6. The lowest BCUT2D eigenvalue weighted by molar-refractivity contribution is 0.281. The van der Waals surface area contributed by atoms with E-state index in [2.05, 4.69) is 10.3 Å². The molecule has 1 atom stereocenters. The minimum Gasteiger partial charge on any atom is -0.481 e. The third-order valence-electron chi connectivity index (χ3n) is 4.00. The molecule has 1 aliphatic heterocycles. The molecule has 3 N–H and O–H groups in total. The number of halogens is 2. The first-order valence-corrected chi connectivity index (χ1v) is 9.85. The van der Waals surface area contributed by atoms with E-state index in [4.69, 9.17) is 10.5 Å². The molecule has 0 bridgehead atoms. The van der Waals surface area contributed by atoms with Crippen LogP contribution in [0.4, 0.5) is 5.69 Å². The van der Waals surface area contributed by atoms with Crippen LogP contribution in [0.1, 0.15) is 18.1 Å². The van der Waals surface area contributed by atoms with E-state index >= 15 is 0 Å². The first-order chi connectivity index (χ1) is 11.8. The Hall–Kier alpha value is -1.80. The molecule has 9 heteroatoms. The molecule has 0 fully saturated rings. The standard InChI is InChI=1S/C18H21N3O3S.2ClH/c1-12-18(19)21-16-9-14(5-8-17(16)24-12)11-20-10-13-3-6-15(7-4-13)25(2,22)23;;/h3-9,12,20H,10-11H2,1-2H3,(H2,19,21);2*1H. The summed E-state index contributed by atoms with van der Waals surface area (Å²) in [4.78, 5) is 4.70. The van der Waals surface area contributed by atoms with Crippen molar-refractivity contribution in [1.29, 1.82) is 0 Å². The number of nitrogens with one attached hydrogen (secondary N) is 1. The van der Waals surface area contributed by atoms with E-state index in [1.54, 1.807) is 12.1 Å². The van der Waals surface area contributed by atoms with Gasteiger partial charge in [0, 0.05) is 19.3 Å². The maximum absolute atomic E-state index is 11.5. The molecule has 0 aliphatic carbocycles. The fraction of sp³-hybridized carbons (Fsp3) is 0.278. The van der Waals surface area contributed by atoms with Crippen molar-refractivity contribution in [2.45, 2.75) is 31.0 Å². The molecule has 27 heavy (non-hydrogen) atoms. The molecular formula is C18H23Cl2N3O3S. The van der Waals surface area contributed by atoms with Crippen molar-refractivity contribution >= 4 is 46.2 Å². The van der Waals surface area contributed by atoms with Crippen LogP contribution in [0.15, 0.2) is 52.4 Å². The van der Waals surface area contributed by atoms with Crippen LogP contribution < -0.4 is 15.8 Å². The van der Waals surface area contributed by atoms with E-state index in [9.17, 15) is 8.42 Å². The second-order valence-corrected chi connectivity index (χ2v) is 8.13. The van der Waals surface area contributed by atoms with Crippen molar-refractivity contribution in [3.8, 4) is 5.75 Å². The average molecular weight is 432 g/mol. The van der Waals surface area contributed by atoms with E-state index in [-0.39, 0.29) is 30.9 Å². The Morgan fingerprint density at radius 2 is 1.67 bits per heavy atom. The maximum Gasteiger partial charge on any atom is 0.175 e. The number of ether oxygens (including phenoxy) is 1. The lowest BCUT2D eigenvalue weighted by atomic mass is 10.1. The van der Waals surface area contributed by atoms with Crippen LogP contribution in [0.2, 0.25) is 0 Å². The fourth-order valence-corrected chi connectivity index (χ4v) is 3.18. The van der Waals surface area contributed by atoms with Crippen LogP contribution in [0, 0.1) is 0 Å². The van der Waals surface area contributed by atoms with Gasteiger partial charge in [0.2, 0.25) is 0 Å². The number of nitrogens with two attached hydrogens (primary N) is 1. The summed E-state index contributed by atoms with van der Waals surface area (Å²) in [5, 5.41) is 3.33. The summed E-state index contributed by atoms with van der Waals surface area (Å²) >= 11 is 0. The average Bonchev–Trinajstić information content (AvgIpc) is 2.56. The molecule has 6 nitrogen and oxygen atoms in total. The Kier molecular flexibility index (Phi) is 8.10. The topological polar surface area (TPSA) is 93.8 Å². The van der Waals surface area contributed by atoms with Crippen molar-refractivity contribution in [2.75, 3.05) is 6.26 Å². The molecule has 148 valence electrons. The Bertz CT molecular complexity index is 916. The molecule has 0 spiro atoms. The van der Waals surface area contributed by atoms with Crippen LogP contribution in [0.5, 0.6) is 5.75 Å². The molecule has 1 heterocycles. The van der Waals surface area contributed by atoms with Gasteiger partial charge in [-0.1, -0.05) is 18.2 Å². The van der Waals surface area contributed by atoms with Crippen LogP contribution >= 0.6 is 24.8 Å². The van der Waals surface area contributed by atoms with Gasteiger partial charge in [0.1, 0.15) is 17.3 Å². The quantitative estimate of drug-likeness (QED) is 0.758. The first-order valence-electron chi connectivity index (χ1n) is 7.96. The minimum atomic E-state index is -3.16. The highest BCUT2D eigenvalue weighted by Gasteiger charge is 2.18. The third kappa shape index (κ3) is 5.84. The summed E-state index contributed by atoms with van der Waals surface area (Å²) in [5.74, 6) is 1.21. The van der Waals surface area contributed by atoms with Crippen molar-refractivity contribution in [1.82, 2.24) is 5.32 Å². The minimum absolute atomic E-state index is 0. The molecular weight excluding hydrogens is 409 g/mol. The number of hydrogen-bond acceptors (Lipinski definition) is 6. The number of hydrogen-bond donors (Lipinski definition) is 2. The smallest absolute Gasteiger partial charge is 0.175 e. The first kappa shape index (κ1) is 23.2. The normalized spacial score (nSPS) is 15.5. The van der Waals surface area contributed by atoms with Gasteiger partial charge < -0.3 is 15.8 Å². The molecule has 0 amide bonds. The van der Waals surface area contributed by atoms with E-state index < -0.39 is 9.84 Å². The summed E-state index contributed by atoms with van der Waals surface area (Å²) in [6.45, 7) is 3.17. The van der Waals surface area contributed by atoms with Gasteiger partial charge in [-0.25, -0.2) is 13.4 Å². The predicted molar refractivity (Wildman–Crippen MR) is 112 cm³/mol. The molecule has 2 aromatic carbocycles. The van der Waals surface area contributed by atoms with Gasteiger partial charge in [-0.05, 0) is 42.3 Å². The van der Waals surface area contributed by atoms with E-state index in [1.165, 1.54) is 6.26 Å². The Balaban J connectivity index is 0.00000182. The van der Waals surface area contributed by atoms with E-state index in [0.29, 0.717) is 23.8 Å². The lowest BCUT2D eigenvalue weighted by Gasteiger charge is -2.21. The van der Waals surface area contributed by atoms with Crippen molar-refractivity contribution in [2.24, 2.45) is 10.7 Å². The molecule has 0 saturated carbocycles. The molecule has 0 radical (unpaired) electrons. The summed E-state index contributed by atoms with van der Waals surface area (Å²) in [6, 6.07) is 12.7. The van der Waals surface area contributed by atoms with Crippen LogP contribution in [-0.4, -0.2) is 26.6 Å². The predicted octanol–water partition coefficient (Wildman–Crippen LogP) is 2.99. The van der Waals surface area contributed by atoms with Crippen molar-refractivity contribution in [3.05, 3.63) is 53.6 Å². The van der Waals surface area contributed by atoms with Gasteiger partial charge in [-0.3, -0.25) is 0 Å². The Morgan fingerprint density at radius 3 is 2.30 bits per heavy atom. The highest BCUT2D eigenvalue weighted by molar-refractivity contribution is 7.90. The van der Waals surface area contributed by atoms with Gasteiger partial charge in [0.15, 0.2) is 15.9 Å². The molecule has 1 aliphatic rings. The zero-order valence-corrected chi connectivity index (χ0v) is 17.5. The fourth-order valence-electron chi connectivity index (χ4n) is 2.55. The van der Waals surface area contributed by atoms with Gasteiger partial charge >= 0.3 is 0 Å². The van der Waals surface area contributed by atoms with Gasteiger partial charge in [-0.15, -0.1) is 24.8 Å². The van der Waals surface area contributed by atoms with Crippen LogP contribution in [0.25, 0.3) is 0 Å². The SMILES string of the molecule is CC1Oc2ccc(CNCc3ccc(S(C)(=O)=O)cc3)cc2N=C1N.Cl.Cl. The number of benzene rings is 2. The van der Waals surface area contributed by atoms with Crippen LogP contribution in [0.3, 0.4) is 0 Å². The summed E-state index contributed by atoms with van der Waals surface area (Å²) in [7, 11) is -3.16. The molecule has 0 aromatic heterocycles. The number of sulfone groups is 1. The summed E-state index contributed by atoms with van der Waals surface area (Å²) in [5.41, 5.74) is 8.66. The Morgan fingerprint density at radius 1 is 1.07 bits per heavy atom. The second kappa shape index (κ2) is 9.41. The highest BCUT2D eigenvalue weighted by Crippen LogP contribution is 2.32. The second-order valence-electron chi connectivity index (χ2n) is 6.12. The van der Waals surface area contributed by atoms with E-state index in [0.717, 1.165) is 22.6 Å². The van der Waals surface area contributed by atoms with Crippen molar-refractivity contribution < 1.29 is 13.2 Å². The maximum atomic E-state index is 11.5. The number of aliphatic imine (C=N–C) groups is 1. The third-order valence-corrected chi connectivity index (χ3v) is 5.13. The monoisotopic (exact) mass is 431 g/mol. The van der Waals surface area contributed by atoms with Gasteiger partial charge in [0.05, 0.1) is 4.90 Å². The summed E-state index contributed by atoms with van der Waals surface area (Å²) in [6.07, 6.45) is 1.00. The zero-order valence-electron chi connectivity index (χ0n) is 15.0. The highest BCUT2D eigenvalue weighted by atomic mass is 35.5. The van der Waals surface area contributed by atoms with Crippen molar-refractivity contribution in [3.63, 3.8) is 0 Å². The lowest BCUT2D eigenvalue weighted by Crippen LogP contribution is -2.33. The molecule has 3 rings (SSSR count). The number of nitrogens with zero attached hydrogens (tertiary/aromatic N) is 1. The molecule has 0 saturated heterocycles. The molecule has 1 unspecified atom stereocenters. The zero-order chi connectivity index (χ0) is 18.0. The van der Waals surface area contributed by atoms with Gasteiger partial charge in [0.25, 0.3) is 0 Å². The van der Waals surface area contributed by atoms with E-state index in [1.807, 2.05) is 37.3 Å². The number of fused-ring (bicyclic) bond motifs is 1. The largest absolute Gasteiger partial charge is 0.481 e.